The molecule has 0 spiro atoms. The van der Waals surface area contributed by atoms with Crippen molar-refractivity contribution in [2.24, 2.45) is 0 Å². The van der Waals surface area contributed by atoms with E-state index in [1.54, 1.807) is 12.1 Å². The second-order valence-electron chi connectivity index (χ2n) is 3.96. The van der Waals surface area contributed by atoms with Gasteiger partial charge in [0, 0.05) is 0 Å². The standard InChI is InChI=1S/C15H13NO/c16-11-14(13-4-2-1-3-5-13)10-12-6-8-15(17)9-7-12/h1-9,14,17H,10H2/t14-/m1/s1. The summed E-state index contributed by atoms with van der Waals surface area (Å²) < 4.78 is 0. The molecule has 0 heterocycles. The number of nitrogens with zero attached hydrogens (tertiary/aromatic N) is 1. The zero-order chi connectivity index (χ0) is 12.1. The van der Waals surface area contributed by atoms with Crippen LogP contribution in [-0.4, -0.2) is 5.11 Å². The summed E-state index contributed by atoms with van der Waals surface area (Å²) in [5.74, 6) is 0.114. The first-order chi connectivity index (χ1) is 8.29. The highest BCUT2D eigenvalue weighted by molar-refractivity contribution is 5.31. The summed E-state index contributed by atoms with van der Waals surface area (Å²) in [6, 6.07) is 19.1. The van der Waals surface area contributed by atoms with Crippen LogP contribution in [0.5, 0.6) is 5.75 Å². The van der Waals surface area contributed by atoms with Gasteiger partial charge in [0.1, 0.15) is 5.75 Å². The molecule has 2 aromatic rings. The third-order valence-electron chi connectivity index (χ3n) is 2.73. The molecule has 0 radical (unpaired) electrons. The maximum atomic E-state index is 9.20. The van der Waals surface area contributed by atoms with Crippen molar-refractivity contribution >= 4 is 0 Å². The van der Waals surface area contributed by atoms with Crippen LogP contribution in [0.2, 0.25) is 0 Å². The fraction of sp³-hybridized carbons (Fsp3) is 0.133. The Morgan fingerprint density at radius 1 is 1.00 bits per heavy atom. The van der Waals surface area contributed by atoms with E-state index in [-0.39, 0.29) is 11.7 Å². The molecule has 2 rings (SSSR count). The van der Waals surface area contributed by atoms with Crippen LogP contribution >= 0.6 is 0 Å². The Kier molecular flexibility index (Phi) is 3.42. The lowest BCUT2D eigenvalue weighted by Gasteiger charge is -2.09. The average Bonchev–Trinajstić information content (AvgIpc) is 2.39. The Morgan fingerprint density at radius 3 is 2.24 bits per heavy atom. The van der Waals surface area contributed by atoms with E-state index in [9.17, 15) is 10.4 Å². The van der Waals surface area contributed by atoms with Crippen LogP contribution in [0.25, 0.3) is 0 Å². The summed E-state index contributed by atoms with van der Waals surface area (Å²) in [5.41, 5.74) is 2.08. The van der Waals surface area contributed by atoms with E-state index < -0.39 is 0 Å². The first-order valence-electron chi connectivity index (χ1n) is 5.52. The molecule has 0 aliphatic rings. The van der Waals surface area contributed by atoms with E-state index in [1.165, 1.54) is 0 Å². The van der Waals surface area contributed by atoms with E-state index in [4.69, 9.17) is 0 Å². The van der Waals surface area contributed by atoms with E-state index in [1.807, 2.05) is 42.5 Å². The molecule has 2 nitrogen and oxygen atoms in total. The van der Waals surface area contributed by atoms with E-state index in [0.717, 1.165) is 11.1 Å². The molecule has 2 heteroatoms. The molecule has 0 saturated carbocycles. The normalized spacial score (nSPS) is 11.7. The fourth-order valence-electron chi connectivity index (χ4n) is 1.79. The molecule has 0 bridgehead atoms. The highest BCUT2D eigenvalue weighted by Gasteiger charge is 2.10. The number of hydrogen-bond donors (Lipinski definition) is 1. The van der Waals surface area contributed by atoms with Gasteiger partial charge in [-0.15, -0.1) is 0 Å². The summed E-state index contributed by atoms with van der Waals surface area (Å²) in [5, 5.41) is 18.4. The van der Waals surface area contributed by atoms with Gasteiger partial charge < -0.3 is 5.11 Å². The van der Waals surface area contributed by atoms with Crippen molar-refractivity contribution in [1.29, 1.82) is 5.26 Å². The van der Waals surface area contributed by atoms with Gasteiger partial charge in [0.2, 0.25) is 0 Å². The van der Waals surface area contributed by atoms with Crippen molar-refractivity contribution in [2.75, 3.05) is 0 Å². The Labute approximate surface area is 101 Å². The van der Waals surface area contributed by atoms with Gasteiger partial charge in [0.05, 0.1) is 12.0 Å². The van der Waals surface area contributed by atoms with Crippen LogP contribution in [0.15, 0.2) is 54.6 Å². The monoisotopic (exact) mass is 223 g/mol. The topological polar surface area (TPSA) is 44.0 Å². The van der Waals surface area contributed by atoms with Crippen LogP contribution < -0.4 is 0 Å². The quantitative estimate of drug-likeness (QED) is 0.868. The number of phenolic OH excluding ortho intramolecular Hbond substituents is 1. The van der Waals surface area contributed by atoms with E-state index in [0.29, 0.717) is 6.42 Å². The fourth-order valence-corrected chi connectivity index (χ4v) is 1.79. The number of nitriles is 1. The molecule has 0 amide bonds. The smallest absolute Gasteiger partial charge is 0.115 e. The summed E-state index contributed by atoms with van der Waals surface area (Å²) in [6.45, 7) is 0. The predicted octanol–water partition coefficient (Wildman–Crippen LogP) is 3.24. The van der Waals surface area contributed by atoms with Crippen LogP contribution in [-0.2, 0) is 6.42 Å². The molecule has 17 heavy (non-hydrogen) atoms. The number of aromatic hydroxyl groups is 1. The molecule has 0 unspecified atom stereocenters. The third kappa shape index (κ3) is 2.85. The van der Waals surface area contributed by atoms with Crippen molar-refractivity contribution in [2.45, 2.75) is 12.3 Å². The minimum absolute atomic E-state index is 0.138. The van der Waals surface area contributed by atoms with Gasteiger partial charge in [-0.25, -0.2) is 0 Å². The molecule has 0 fully saturated rings. The number of benzene rings is 2. The number of phenols is 1. The molecular weight excluding hydrogens is 210 g/mol. The molecule has 0 aliphatic heterocycles. The molecule has 0 saturated heterocycles. The van der Waals surface area contributed by atoms with E-state index >= 15 is 0 Å². The van der Waals surface area contributed by atoms with Crippen LogP contribution in [0.4, 0.5) is 0 Å². The second-order valence-corrected chi connectivity index (χ2v) is 3.96. The molecule has 1 N–H and O–H groups in total. The summed E-state index contributed by atoms with van der Waals surface area (Å²) in [6.07, 6.45) is 0.667. The first kappa shape index (κ1) is 11.2. The molecule has 2 aromatic carbocycles. The van der Waals surface area contributed by atoms with Crippen LogP contribution in [0, 0.1) is 11.3 Å². The Bertz CT molecular complexity index is 511. The lowest BCUT2D eigenvalue weighted by atomic mass is 9.93. The van der Waals surface area contributed by atoms with Crippen molar-refractivity contribution in [1.82, 2.24) is 0 Å². The highest BCUT2D eigenvalue weighted by Crippen LogP contribution is 2.21. The van der Waals surface area contributed by atoms with Gasteiger partial charge in [0.15, 0.2) is 0 Å². The summed E-state index contributed by atoms with van der Waals surface area (Å²) >= 11 is 0. The zero-order valence-corrected chi connectivity index (χ0v) is 9.38. The highest BCUT2D eigenvalue weighted by atomic mass is 16.3. The summed E-state index contributed by atoms with van der Waals surface area (Å²) in [7, 11) is 0. The van der Waals surface area contributed by atoms with E-state index in [2.05, 4.69) is 6.07 Å². The van der Waals surface area contributed by atoms with Crippen molar-refractivity contribution < 1.29 is 5.11 Å². The first-order valence-corrected chi connectivity index (χ1v) is 5.52. The minimum atomic E-state index is -0.138. The lowest BCUT2D eigenvalue weighted by Crippen LogP contribution is -1.99. The zero-order valence-electron chi connectivity index (χ0n) is 9.38. The van der Waals surface area contributed by atoms with Gasteiger partial charge in [-0.05, 0) is 29.7 Å². The average molecular weight is 223 g/mol. The van der Waals surface area contributed by atoms with Gasteiger partial charge >= 0.3 is 0 Å². The number of hydrogen-bond acceptors (Lipinski definition) is 2. The minimum Gasteiger partial charge on any atom is -0.508 e. The molecule has 0 aliphatic carbocycles. The van der Waals surface area contributed by atoms with Gasteiger partial charge in [0.25, 0.3) is 0 Å². The molecule has 1 atom stereocenters. The van der Waals surface area contributed by atoms with Crippen molar-refractivity contribution in [3.63, 3.8) is 0 Å². The Balaban J connectivity index is 2.17. The Morgan fingerprint density at radius 2 is 1.65 bits per heavy atom. The predicted molar refractivity (Wildman–Crippen MR) is 66.6 cm³/mol. The largest absolute Gasteiger partial charge is 0.508 e. The van der Waals surface area contributed by atoms with Gasteiger partial charge in [-0.1, -0.05) is 42.5 Å². The van der Waals surface area contributed by atoms with Crippen molar-refractivity contribution in [3.8, 4) is 11.8 Å². The Hall–Kier alpha value is -2.27. The molecule has 84 valence electrons. The van der Waals surface area contributed by atoms with Gasteiger partial charge in [-0.3, -0.25) is 0 Å². The summed E-state index contributed by atoms with van der Waals surface area (Å²) in [4.78, 5) is 0. The third-order valence-corrected chi connectivity index (χ3v) is 2.73. The maximum Gasteiger partial charge on any atom is 0.115 e. The van der Waals surface area contributed by atoms with Crippen LogP contribution in [0.3, 0.4) is 0 Å². The molecular formula is C15H13NO. The second kappa shape index (κ2) is 5.18. The van der Waals surface area contributed by atoms with Crippen LogP contribution in [0.1, 0.15) is 17.0 Å². The van der Waals surface area contributed by atoms with Gasteiger partial charge in [-0.2, -0.15) is 5.26 Å². The number of rotatable bonds is 3. The van der Waals surface area contributed by atoms with Crippen molar-refractivity contribution in [3.05, 3.63) is 65.7 Å². The molecule has 0 aromatic heterocycles. The SMILES string of the molecule is N#C[C@@H](Cc1ccc(O)cc1)c1ccccc1. The maximum absolute atomic E-state index is 9.20. The lowest BCUT2D eigenvalue weighted by molar-refractivity contribution is 0.475.